The number of rotatable bonds is 4. The first kappa shape index (κ1) is 14.6. The zero-order chi connectivity index (χ0) is 15.1. The van der Waals surface area contributed by atoms with Gasteiger partial charge >= 0.3 is 8.60 Å². The molecular formula is C13H14ClN2O4P. The first-order chi connectivity index (χ1) is 10.1. The number of carbonyl (C=O) groups is 1. The highest BCUT2D eigenvalue weighted by Gasteiger charge is 2.32. The number of H-pyrrole nitrogens is 1. The predicted molar refractivity (Wildman–Crippen MR) is 81.9 cm³/mol. The van der Waals surface area contributed by atoms with Crippen LogP contribution < -0.4 is 9.42 Å². The maximum atomic E-state index is 11.3. The van der Waals surface area contributed by atoms with Crippen molar-refractivity contribution < 1.29 is 19.1 Å². The smallest absolute Gasteiger partial charge is 0.391 e. The highest BCUT2D eigenvalue weighted by Crippen LogP contribution is 2.47. The van der Waals surface area contributed by atoms with Crippen LogP contribution >= 0.6 is 20.2 Å². The van der Waals surface area contributed by atoms with Crippen LogP contribution in [0.5, 0.6) is 5.75 Å². The van der Waals surface area contributed by atoms with Crippen LogP contribution in [0.3, 0.4) is 0 Å². The van der Waals surface area contributed by atoms with Crippen LogP contribution in [0.25, 0.3) is 10.9 Å². The minimum absolute atomic E-state index is 0.0441. The van der Waals surface area contributed by atoms with Crippen LogP contribution in [-0.4, -0.2) is 33.6 Å². The number of aromatic nitrogens is 1. The number of nitrogens with one attached hydrogen (secondary N) is 1. The molecule has 3 N–H and O–H groups in total. The van der Waals surface area contributed by atoms with Crippen molar-refractivity contribution in [2.45, 2.75) is 12.8 Å². The Labute approximate surface area is 127 Å². The van der Waals surface area contributed by atoms with Gasteiger partial charge in [-0.15, -0.1) is 11.6 Å². The molecule has 8 heteroatoms. The van der Waals surface area contributed by atoms with E-state index in [0.29, 0.717) is 29.4 Å². The lowest BCUT2D eigenvalue weighted by Crippen LogP contribution is -2.19. The van der Waals surface area contributed by atoms with E-state index in [-0.39, 0.29) is 5.92 Å². The van der Waals surface area contributed by atoms with Crippen LogP contribution in [0, 0.1) is 6.92 Å². The molecule has 112 valence electrons. The fourth-order valence-electron chi connectivity index (χ4n) is 2.93. The summed E-state index contributed by atoms with van der Waals surface area (Å²) in [5.74, 6) is 0.766. The van der Waals surface area contributed by atoms with E-state index in [4.69, 9.17) is 25.9 Å². The van der Waals surface area contributed by atoms with E-state index < -0.39 is 8.60 Å². The predicted octanol–water partition coefficient (Wildman–Crippen LogP) is 2.37. The molecule has 0 radical (unpaired) electrons. The number of alkyl halides is 1. The molecular weight excluding hydrogens is 315 g/mol. The number of aryl methyl sites for hydroxylation is 1. The summed E-state index contributed by atoms with van der Waals surface area (Å²) in [6.07, 6.45) is 2.58. The van der Waals surface area contributed by atoms with Crippen molar-refractivity contribution in [1.82, 2.24) is 4.98 Å². The van der Waals surface area contributed by atoms with Gasteiger partial charge in [0.25, 0.3) is 0 Å². The number of nitrogens with zero attached hydrogens (tertiary/aromatic N) is 1. The monoisotopic (exact) mass is 328 g/mol. The minimum Gasteiger partial charge on any atom is -0.425 e. The van der Waals surface area contributed by atoms with Gasteiger partial charge in [0, 0.05) is 36.0 Å². The largest absolute Gasteiger partial charge is 0.425 e. The molecule has 1 atom stereocenters. The average Bonchev–Trinajstić information content (AvgIpc) is 2.99. The van der Waals surface area contributed by atoms with Gasteiger partial charge in [-0.3, -0.25) is 4.79 Å². The fourth-order valence-corrected chi connectivity index (χ4v) is 3.50. The summed E-state index contributed by atoms with van der Waals surface area (Å²) >= 11 is 6.04. The zero-order valence-corrected chi connectivity index (χ0v) is 12.9. The second-order valence-corrected chi connectivity index (χ2v) is 5.98. The standard InChI is InChI=1S/C13H14ClN2O4P/c1-7-4-15-13-10(20-21(18)19)2-9-12(11(7)13)8(3-14)5-16(9)6-17/h2,4,6,8,15,18-19H,3,5H2,1H3/t8-/m1/s1. The van der Waals surface area contributed by atoms with E-state index in [9.17, 15) is 4.79 Å². The van der Waals surface area contributed by atoms with Gasteiger partial charge in [0.05, 0.1) is 11.2 Å². The summed E-state index contributed by atoms with van der Waals surface area (Å²) in [7, 11) is -2.53. The summed E-state index contributed by atoms with van der Waals surface area (Å²) in [6, 6.07) is 1.65. The number of hydrogen-bond donors (Lipinski definition) is 3. The number of halogens is 1. The summed E-state index contributed by atoms with van der Waals surface area (Å²) < 4.78 is 5.10. The Hall–Kier alpha value is -1.33. The molecule has 0 saturated carbocycles. The molecule has 0 saturated heterocycles. The third-order valence-corrected chi connectivity index (χ3v) is 4.50. The summed E-state index contributed by atoms with van der Waals surface area (Å²) in [6.45, 7) is 2.46. The third-order valence-electron chi connectivity index (χ3n) is 3.77. The SMILES string of the molecule is Cc1c[nH]c2c(OP(O)O)cc3c(c12)[C@H](CCl)CN3C=O. The van der Waals surface area contributed by atoms with Gasteiger partial charge in [-0.25, -0.2) is 0 Å². The van der Waals surface area contributed by atoms with Crippen LogP contribution in [0.4, 0.5) is 5.69 Å². The first-order valence-corrected chi connectivity index (χ1v) is 8.05. The van der Waals surface area contributed by atoms with Crippen LogP contribution in [0.1, 0.15) is 17.0 Å². The minimum atomic E-state index is -2.53. The van der Waals surface area contributed by atoms with Crippen molar-refractivity contribution in [1.29, 1.82) is 0 Å². The average molecular weight is 329 g/mol. The van der Waals surface area contributed by atoms with Crippen molar-refractivity contribution in [3.8, 4) is 5.75 Å². The molecule has 1 amide bonds. The van der Waals surface area contributed by atoms with Gasteiger partial charge in [0.2, 0.25) is 6.41 Å². The third kappa shape index (κ3) is 2.28. The highest BCUT2D eigenvalue weighted by atomic mass is 35.5. The molecule has 2 heterocycles. The van der Waals surface area contributed by atoms with Gasteiger partial charge < -0.3 is 24.2 Å². The maximum Gasteiger partial charge on any atom is 0.391 e. The van der Waals surface area contributed by atoms with E-state index in [2.05, 4.69) is 4.98 Å². The number of carbonyl (C=O) groups excluding carboxylic acids is 1. The van der Waals surface area contributed by atoms with Crippen LogP contribution in [0.15, 0.2) is 12.3 Å². The molecule has 1 aliphatic heterocycles. The van der Waals surface area contributed by atoms with E-state index in [1.807, 2.05) is 13.1 Å². The molecule has 1 aromatic carbocycles. The van der Waals surface area contributed by atoms with Crippen molar-refractivity contribution in [3.05, 3.63) is 23.4 Å². The number of benzene rings is 1. The maximum absolute atomic E-state index is 11.3. The number of aromatic amines is 1. The number of fused-ring (bicyclic) bond motifs is 3. The van der Waals surface area contributed by atoms with Gasteiger partial charge in [-0.05, 0) is 18.1 Å². The Morgan fingerprint density at radius 1 is 1.62 bits per heavy atom. The molecule has 6 nitrogen and oxygen atoms in total. The molecule has 0 bridgehead atoms. The first-order valence-electron chi connectivity index (χ1n) is 6.35. The Balaban J connectivity index is 2.30. The fraction of sp³-hybridized carbons (Fsp3) is 0.308. The second-order valence-electron chi connectivity index (χ2n) is 4.98. The van der Waals surface area contributed by atoms with Crippen molar-refractivity contribution in [3.63, 3.8) is 0 Å². The Bertz CT molecular complexity index is 703. The molecule has 0 unspecified atom stereocenters. The molecule has 1 aromatic heterocycles. The molecule has 0 spiro atoms. The molecule has 1 aliphatic rings. The molecule has 0 aliphatic carbocycles. The number of hydrogen-bond acceptors (Lipinski definition) is 4. The zero-order valence-electron chi connectivity index (χ0n) is 11.2. The lowest BCUT2D eigenvalue weighted by atomic mass is 9.97. The van der Waals surface area contributed by atoms with Crippen molar-refractivity contribution in [2.24, 2.45) is 0 Å². The van der Waals surface area contributed by atoms with E-state index in [1.54, 1.807) is 11.0 Å². The van der Waals surface area contributed by atoms with Crippen molar-refractivity contribution >= 4 is 43.2 Å². The molecule has 0 fully saturated rings. The van der Waals surface area contributed by atoms with E-state index in [1.165, 1.54) is 0 Å². The molecule has 3 rings (SSSR count). The lowest BCUT2D eigenvalue weighted by Gasteiger charge is -2.14. The summed E-state index contributed by atoms with van der Waals surface area (Å²) in [5, 5.41) is 0.925. The van der Waals surface area contributed by atoms with Crippen LogP contribution in [-0.2, 0) is 4.79 Å². The summed E-state index contributed by atoms with van der Waals surface area (Å²) in [5.41, 5.74) is 3.38. The quantitative estimate of drug-likeness (QED) is 0.457. The van der Waals surface area contributed by atoms with E-state index in [0.717, 1.165) is 22.9 Å². The van der Waals surface area contributed by atoms with Crippen molar-refractivity contribution in [2.75, 3.05) is 17.3 Å². The molecule has 21 heavy (non-hydrogen) atoms. The summed E-state index contributed by atoms with van der Waals surface area (Å²) in [4.78, 5) is 34.2. The molecule has 2 aromatic rings. The lowest BCUT2D eigenvalue weighted by molar-refractivity contribution is -0.107. The highest BCUT2D eigenvalue weighted by molar-refractivity contribution is 7.39. The van der Waals surface area contributed by atoms with Gasteiger partial charge in [-0.1, -0.05) is 0 Å². The normalized spacial score (nSPS) is 17.6. The Morgan fingerprint density at radius 2 is 2.38 bits per heavy atom. The van der Waals surface area contributed by atoms with Gasteiger partial charge in [-0.2, -0.15) is 0 Å². The number of anilines is 1. The number of amides is 1. The second kappa shape index (κ2) is 5.46. The van der Waals surface area contributed by atoms with Gasteiger partial charge in [0.1, 0.15) is 0 Å². The Morgan fingerprint density at radius 3 is 3.00 bits per heavy atom. The Kier molecular flexibility index (Phi) is 3.80. The van der Waals surface area contributed by atoms with Gasteiger partial charge in [0.15, 0.2) is 5.75 Å². The topological polar surface area (TPSA) is 85.8 Å². The van der Waals surface area contributed by atoms with Crippen LogP contribution in [0.2, 0.25) is 0 Å². The van der Waals surface area contributed by atoms with E-state index >= 15 is 0 Å².